The molecule has 0 bridgehead atoms. The average Bonchev–Trinajstić information content (AvgIpc) is 2.45. The Morgan fingerprint density at radius 1 is 1.30 bits per heavy atom. The van der Waals surface area contributed by atoms with E-state index in [-0.39, 0.29) is 5.69 Å². The number of carboxylic acids is 1. The number of carbonyl (C=O) groups excluding carboxylic acids is 1. The van der Waals surface area contributed by atoms with Gasteiger partial charge in [0.15, 0.2) is 0 Å². The molecule has 6 nitrogen and oxygen atoms in total. The molecule has 0 unspecified atom stereocenters. The van der Waals surface area contributed by atoms with Gasteiger partial charge in [-0.2, -0.15) is 0 Å². The molecule has 2 aliphatic heterocycles. The first-order valence-corrected chi connectivity index (χ1v) is 6.76. The predicted molar refractivity (Wildman–Crippen MR) is 72.7 cm³/mol. The molecule has 2 fully saturated rings. The van der Waals surface area contributed by atoms with E-state index in [4.69, 9.17) is 5.11 Å². The summed E-state index contributed by atoms with van der Waals surface area (Å²) in [6, 6.07) is 3.35. The van der Waals surface area contributed by atoms with Crippen LogP contribution < -0.4 is 4.90 Å². The van der Waals surface area contributed by atoms with Crippen LogP contribution in [0.2, 0.25) is 0 Å². The average molecular weight is 275 g/mol. The third-order valence-electron chi connectivity index (χ3n) is 4.38. The van der Waals surface area contributed by atoms with Crippen molar-refractivity contribution in [2.24, 2.45) is 5.41 Å². The molecule has 0 aliphatic carbocycles. The maximum Gasteiger partial charge on any atom is 0.354 e. The lowest BCUT2D eigenvalue weighted by Crippen LogP contribution is -2.59. The van der Waals surface area contributed by atoms with Gasteiger partial charge >= 0.3 is 5.97 Å². The Hall–Kier alpha value is -2.11. The van der Waals surface area contributed by atoms with Gasteiger partial charge in [0.1, 0.15) is 5.69 Å². The van der Waals surface area contributed by atoms with Crippen LogP contribution in [0.15, 0.2) is 18.3 Å². The molecule has 1 N–H and O–H groups in total. The van der Waals surface area contributed by atoms with Gasteiger partial charge in [-0.15, -0.1) is 0 Å². The number of hydrogen-bond acceptors (Lipinski definition) is 4. The largest absolute Gasteiger partial charge is 0.477 e. The Balaban J connectivity index is 1.61. The number of carbonyl (C=O) groups is 2. The quantitative estimate of drug-likeness (QED) is 0.827. The number of anilines is 1. The number of rotatable bonds is 3. The van der Waals surface area contributed by atoms with Crippen LogP contribution in [-0.2, 0) is 4.79 Å². The molecule has 20 heavy (non-hydrogen) atoms. The minimum absolute atomic E-state index is 0.0721. The van der Waals surface area contributed by atoms with Crippen LogP contribution in [0.25, 0.3) is 0 Å². The molecule has 0 saturated carbocycles. The van der Waals surface area contributed by atoms with Crippen molar-refractivity contribution < 1.29 is 14.7 Å². The molecule has 106 valence electrons. The summed E-state index contributed by atoms with van der Waals surface area (Å²) in [6.45, 7) is 3.61. The smallest absolute Gasteiger partial charge is 0.354 e. The number of amides is 1. The summed E-state index contributed by atoms with van der Waals surface area (Å²) in [5.74, 6) is -1.00. The number of aromatic nitrogens is 1. The highest BCUT2D eigenvalue weighted by Crippen LogP contribution is 2.40. The third kappa shape index (κ3) is 2.21. The Morgan fingerprint density at radius 2 is 2.00 bits per heavy atom. The van der Waals surface area contributed by atoms with Gasteiger partial charge in [-0.1, -0.05) is 0 Å². The summed E-state index contributed by atoms with van der Waals surface area (Å²) in [5, 5.41) is 8.83. The number of likely N-dealkylation sites (tertiary alicyclic amines) is 1. The van der Waals surface area contributed by atoms with Crippen molar-refractivity contribution in [3.05, 3.63) is 24.0 Å². The molecule has 1 aromatic rings. The van der Waals surface area contributed by atoms with Gasteiger partial charge in [-0.25, -0.2) is 9.78 Å². The van der Waals surface area contributed by atoms with Crippen LogP contribution in [0, 0.1) is 5.41 Å². The number of piperidine rings is 1. The number of carboxylic acid groups (broad SMARTS) is 1. The van der Waals surface area contributed by atoms with Crippen LogP contribution in [0.5, 0.6) is 0 Å². The first-order chi connectivity index (χ1) is 9.62. The molecule has 6 heteroatoms. The van der Waals surface area contributed by atoms with Gasteiger partial charge in [0, 0.05) is 31.6 Å². The fourth-order valence-electron chi connectivity index (χ4n) is 3.14. The first-order valence-electron chi connectivity index (χ1n) is 6.76. The van der Waals surface area contributed by atoms with Crippen molar-refractivity contribution in [3.8, 4) is 0 Å². The zero-order valence-corrected chi connectivity index (χ0v) is 11.2. The second kappa shape index (κ2) is 4.77. The van der Waals surface area contributed by atoms with E-state index in [1.807, 2.05) is 11.0 Å². The first kappa shape index (κ1) is 12.9. The highest BCUT2D eigenvalue weighted by molar-refractivity contribution is 5.85. The van der Waals surface area contributed by atoms with Crippen LogP contribution in [-0.4, -0.2) is 53.5 Å². The minimum atomic E-state index is -1.00. The van der Waals surface area contributed by atoms with E-state index in [9.17, 15) is 9.59 Å². The summed E-state index contributed by atoms with van der Waals surface area (Å²) in [5.41, 5.74) is 1.35. The normalized spacial score (nSPS) is 20.6. The van der Waals surface area contributed by atoms with Crippen molar-refractivity contribution in [1.82, 2.24) is 9.88 Å². The van der Waals surface area contributed by atoms with E-state index in [1.165, 1.54) is 0 Å². The molecule has 2 saturated heterocycles. The van der Waals surface area contributed by atoms with Gasteiger partial charge < -0.3 is 14.9 Å². The van der Waals surface area contributed by atoms with Crippen molar-refractivity contribution >= 4 is 18.1 Å². The summed E-state index contributed by atoms with van der Waals surface area (Å²) in [6.07, 6.45) is 4.68. The number of aromatic carboxylic acids is 1. The molecule has 2 aliphatic rings. The predicted octanol–water partition coefficient (Wildman–Crippen LogP) is 0.838. The van der Waals surface area contributed by atoms with E-state index in [2.05, 4.69) is 9.88 Å². The van der Waals surface area contributed by atoms with Crippen molar-refractivity contribution in [2.45, 2.75) is 12.8 Å². The molecule has 3 rings (SSSR count). The second-order valence-corrected chi connectivity index (χ2v) is 5.70. The number of hydrogen-bond donors (Lipinski definition) is 1. The monoisotopic (exact) mass is 275 g/mol. The van der Waals surface area contributed by atoms with Crippen LogP contribution in [0.3, 0.4) is 0 Å². The molecular formula is C14H17N3O3. The van der Waals surface area contributed by atoms with Crippen molar-refractivity contribution in [1.29, 1.82) is 0 Å². The summed E-state index contributed by atoms with van der Waals surface area (Å²) < 4.78 is 0. The van der Waals surface area contributed by atoms with Crippen LogP contribution >= 0.6 is 0 Å². The van der Waals surface area contributed by atoms with E-state index in [1.54, 1.807) is 12.3 Å². The lowest BCUT2D eigenvalue weighted by molar-refractivity contribution is -0.130. The molecule has 0 aromatic carbocycles. The van der Waals surface area contributed by atoms with Gasteiger partial charge in [0.25, 0.3) is 0 Å². The Kier molecular flexibility index (Phi) is 3.08. The molecule has 0 radical (unpaired) electrons. The van der Waals surface area contributed by atoms with Crippen LogP contribution in [0.4, 0.5) is 5.69 Å². The lowest BCUT2D eigenvalue weighted by atomic mass is 9.72. The van der Waals surface area contributed by atoms with Crippen molar-refractivity contribution in [3.63, 3.8) is 0 Å². The molecule has 0 atom stereocenters. The summed E-state index contributed by atoms with van der Waals surface area (Å²) in [4.78, 5) is 29.4. The third-order valence-corrected chi connectivity index (χ3v) is 4.38. The van der Waals surface area contributed by atoms with Crippen molar-refractivity contribution in [2.75, 3.05) is 31.1 Å². The van der Waals surface area contributed by atoms with Gasteiger partial charge in [-0.05, 0) is 25.0 Å². The SMILES string of the molecule is O=CN1CC2(CCN(c3ccc(C(=O)O)nc3)CC2)C1. The van der Waals surface area contributed by atoms with E-state index < -0.39 is 5.97 Å². The number of nitrogens with zero attached hydrogens (tertiary/aromatic N) is 3. The second-order valence-electron chi connectivity index (χ2n) is 5.70. The van der Waals surface area contributed by atoms with Gasteiger partial charge in [0.2, 0.25) is 6.41 Å². The fraction of sp³-hybridized carbons (Fsp3) is 0.500. The highest BCUT2D eigenvalue weighted by Gasteiger charge is 2.44. The van der Waals surface area contributed by atoms with Gasteiger partial charge in [0.05, 0.1) is 11.9 Å². The van der Waals surface area contributed by atoms with E-state index >= 15 is 0 Å². The van der Waals surface area contributed by atoms with E-state index in [0.717, 1.165) is 51.1 Å². The zero-order chi connectivity index (χ0) is 14.2. The summed E-state index contributed by atoms with van der Waals surface area (Å²) in [7, 11) is 0. The molecule has 1 spiro atoms. The minimum Gasteiger partial charge on any atom is -0.477 e. The maximum absolute atomic E-state index is 10.8. The Morgan fingerprint density at radius 3 is 2.50 bits per heavy atom. The maximum atomic E-state index is 10.8. The highest BCUT2D eigenvalue weighted by atomic mass is 16.4. The zero-order valence-electron chi connectivity index (χ0n) is 11.2. The Bertz CT molecular complexity index is 513. The molecule has 1 amide bonds. The summed E-state index contributed by atoms with van der Waals surface area (Å²) >= 11 is 0. The molecular weight excluding hydrogens is 258 g/mol. The molecule has 3 heterocycles. The lowest BCUT2D eigenvalue weighted by Gasteiger charge is -2.53. The number of pyridine rings is 1. The standard InChI is InChI=1S/C14H17N3O3/c18-10-16-8-14(9-16)3-5-17(6-4-14)11-1-2-12(13(19)20)15-7-11/h1-2,7,10H,3-6,8-9H2,(H,19,20). The van der Waals surface area contributed by atoms with Crippen LogP contribution in [0.1, 0.15) is 23.3 Å². The molecule has 1 aromatic heterocycles. The fourth-order valence-corrected chi connectivity index (χ4v) is 3.14. The van der Waals surface area contributed by atoms with Gasteiger partial charge in [-0.3, -0.25) is 4.79 Å². The Labute approximate surface area is 117 Å². The topological polar surface area (TPSA) is 73.7 Å². The van der Waals surface area contributed by atoms with E-state index in [0.29, 0.717) is 5.41 Å².